The Morgan fingerprint density at radius 2 is 1.89 bits per heavy atom. The zero-order chi connectivity index (χ0) is 13.9. The van der Waals surface area contributed by atoms with Crippen LogP contribution < -0.4 is 5.32 Å². The van der Waals surface area contributed by atoms with Crippen molar-refractivity contribution >= 4 is 15.9 Å². The van der Waals surface area contributed by atoms with Crippen molar-refractivity contribution in [1.29, 1.82) is 0 Å². The predicted octanol–water partition coefficient (Wildman–Crippen LogP) is 2.98. The van der Waals surface area contributed by atoms with Crippen LogP contribution in [0.2, 0.25) is 0 Å². The monoisotopic (exact) mass is 322 g/mol. The van der Waals surface area contributed by atoms with Crippen LogP contribution >= 0.6 is 15.9 Å². The van der Waals surface area contributed by atoms with E-state index < -0.39 is 0 Å². The van der Waals surface area contributed by atoms with Crippen molar-refractivity contribution in [3.63, 3.8) is 0 Å². The number of nitrogens with zero attached hydrogens (tertiary/aromatic N) is 3. The Labute approximate surface area is 122 Å². The summed E-state index contributed by atoms with van der Waals surface area (Å²) in [4.78, 5) is 4.31. The maximum Gasteiger partial charge on any atom is 0.164 e. The topological polar surface area (TPSA) is 42.7 Å². The molecule has 0 fully saturated rings. The molecular formula is C14H19BrN4. The van der Waals surface area contributed by atoms with Gasteiger partial charge in [-0.1, -0.05) is 28.1 Å². The van der Waals surface area contributed by atoms with Gasteiger partial charge in [-0.05, 0) is 38.5 Å². The fourth-order valence-corrected chi connectivity index (χ4v) is 1.88. The summed E-state index contributed by atoms with van der Waals surface area (Å²) < 4.78 is 2.95. The smallest absolute Gasteiger partial charge is 0.164 e. The average Bonchev–Trinajstić information content (AvgIpc) is 2.77. The fraction of sp³-hybridized carbons (Fsp3) is 0.429. The quantitative estimate of drug-likeness (QED) is 0.941. The highest BCUT2D eigenvalue weighted by Crippen LogP contribution is 2.11. The van der Waals surface area contributed by atoms with E-state index in [1.54, 1.807) is 6.33 Å². The van der Waals surface area contributed by atoms with Crippen LogP contribution in [0.1, 0.15) is 32.2 Å². The van der Waals surface area contributed by atoms with E-state index in [1.165, 1.54) is 5.56 Å². The van der Waals surface area contributed by atoms with E-state index in [2.05, 4.69) is 64.2 Å². The lowest BCUT2D eigenvalue weighted by molar-refractivity contribution is 0.417. The van der Waals surface area contributed by atoms with Crippen LogP contribution in [0.25, 0.3) is 0 Å². The van der Waals surface area contributed by atoms with Crippen LogP contribution in [0, 0.1) is 0 Å². The summed E-state index contributed by atoms with van der Waals surface area (Å²) in [7, 11) is 0. The average molecular weight is 323 g/mol. The maximum absolute atomic E-state index is 4.46. The molecule has 0 bridgehead atoms. The molecule has 0 unspecified atom stereocenters. The number of rotatable bonds is 4. The molecule has 0 aliphatic rings. The van der Waals surface area contributed by atoms with Crippen LogP contribution in [0.5, 0.6) is 0 Å². The molecule has 2 aromatic rings. The van der Waals surface area contributed by atoms with E-state index in [9.17, 15) is 0 Å². The Kier molecular flexibility index (Phi) is 4.37. The van der Waals surface area contributed by atoms with Crippen LogP contribution in [-0.2, 0) is 13.1 Å². The lowest BCUT2D eigenvalue weighted by Crippen LogP contribution is -2.35. The molecule has 1 heterocycles. The second-order valence-electron chi connectivity index (χ2n) is 5.59. The molecule has 0 amide bonds. The predicted molar refractivity (Wildman–Crippen MR) is 79.9 cm³/mol. The van der Waals surface area contributed by atoms with E-state index in [4.69, 9.17) is 0 Å². The zero-order valence-corrected chi connectivity index (χ0v) is 13.1. The molecule has 102 valence electrons. The molecule has 0 aliphatic carbocycles. The third-order valence-corrected chi connectivity index (χ3v) is 3.15. The minimum Gasteiger partial charge on any atom is -0.305 e. The lowest BCUT2D eigenvalue weighted by Gasteiger charge is -2.19. The summed E-state index contributed by atoms with van der Waals surface area (Å²) in [6.45, 7) is 7.83. The summed E-state index contributed by atoms with van der Waals surface area (Å²) in [5.41, 5.74) is 1.29. The SMILES string of the molecule is CC(C)(C)NCc1ncn(Cc2ccc(Br)cc2)n1. The summed E-state index contributed by atoms with van der Waals surface area (Å²) in [5, 5.41) is 7.84. The van der Waals surface area contributed by atoms with E-state index in [0.29, 0.717) is 6.54 Å². The Balaban J connectivity index is 1.95. The second kappa shape index (κ2) is 5.84. The molecule has 0 atom stereocenters. The first kappa shape index (κ1) is 14.2. The van der Waals surface area contributed by atoms with Crippen molar-refractivity contribution in [3.8, 4) is 0 Å². The number of hydrogen-bond acceptors (Lipinski definition) is 3. The van der Waals surface area contributed by atoms with Crippen molar-refractivity contribution in [1.82, 2.24) is 20.1 Å². The number of halogens is 1. The molecule has 1 aromatic heterocycles. The lowest BCUT2D eigenvalue weighted by atomic mass is 10.1. The van der Waals surface area contributed by atoms with Gasteiger partial charge >= 0.3 is 0 Å². The van der Waals surface area contributed by atoms with Gasteiger partial charge in [-0.2, -0.15) is 5.10 Å². The molecular weight excluding hydrogens is 304 g/mol. The molecule has 19 heavy (non-hydrogen) atoms. The Morgan fingerprint density at radius 1 is 1.21 bits per heavy atom. The minimum absolute atomic E-state index is 0.0805. The van der Waals surface area contributed by atoms with Crippen LogP contribution in [0.4, 0.5) is 0 Å². The Hall–Kier alpha value is -1.20. The maximum atomic E-state index is 4.46. The first-order chi connectivity index (χ1) is 8.92. The molecule has 0 saturated heterocycles. The molecule has 1 aromatic carbocycles. The van der Waals surface area contributed by atoms with E-state index >= 15 is 0 Å². The van der Waals surface area contributed by atoms with Gasteiger partial charge in [-0.15, -0.1) is 0 Å². The normalized spacial score (nSPS) is 11.8. The fourth-order valence-electron chi connectivity index (χ4n) is 1.61. The number of nitrogens with one attached hydrogen (secondary N) is 1. The standard InChI is InChI=1S/C14H19BrN4/c1-14(2,3)17-8-13-16-10-19(18-13)9-11-4-6-12(15)7-5-11/h4-7,10,17H,8-9H2,1-3H3. The summed E-state index contributed by atoms with van der Waals surface area (Å²) >= 11 is 3.43. The molecule has 2 rings (SSSR count). The van der Waals surface area contributed by atoms with Crippen molar-refractivity contribution < 1.29 is 0 Å². The van der Waals surface area contributed by atoms with Gasteiger partial charge in [0.25, 0.3) is 0 Å². The minimum atomic E-state index is 0.0805. The van der Waals surface area contributed by atoms with Gasteiger partial charge in [-0.3, -0.25) is 0 Å². The van der Waals surface area contributed by atoms with Crippen molar-refractivity contribution in [2.45, 2.75) is 39.4 Å². The Morgan fingerprint density at radius 3 is 2.53 bits per heavy atom. The largest absolute Gasteiger partial charge is 0.305 e. The molecule has 0 radical (unpaired) electrons. The molecule has 0 saturated carbocycles. The van der Waals surface area contributed by atoms with Gasteiger partial charge in [0, 0.05) is 10.0 Å². The van der Waals surface area contributed by atoms with E-state index in [0.717, 1.165) is 16.8 Å². The third-order valence-electron chi connectivity index (χ3n) is 2.62. The first-order valence-corrected chi connectivity index (χ1v) is 7.09. The zero-order valence-electron chi connectivity index (χ0n) is 11.5. The number of hydrogen-bond donors (Lipinski definition) is 1. The van der Waals surface area contributed by atoms with Gasteiger partial charge in [0.1, 0.15) is 6.33 Å². The van der Waals surface area contributed by atoms with Crippen molar-refractivity contribution in [3.05, 3.63) is 46.5 Å². The third kappa shape index (κ3) is 4.76. The van der Waals surface area contributed by atoms with E-state index in [1.807, 2.05) is 16.8 Å². The summed E-state index contributed by atoms with van der Waals surface area (Å²) in [5.74, 6) is 0.826. The molecule has 1 N–H and O–H groups in total. The highest BCUT2D eigenvalue weighted by molar-refractivity contribution is 9.10. The Bertz CT molecular complexity index is 525. The van der Waals surface area contributed by atoms with Crippen LogP contribution in [-0.4, -0.2) is 20.3 Å². The summed E-state index contributed by atoms with van der Waals surface area (Å²) in [6.07, 6.45) is 1.78. The molecule has 0 spiro atoms. The van der Waals surface area contributed by atoms with Gasteiger partial charge in [-0.25, -0.2) is 9.67 Å². The number of benzene rings is 1. The highest BCUT2D eigenvalue weighted by Gasteiger charge is 2.10. The molecule has 5 heteroatoms. The van der Waals surface area contributed by atoms with Crippen LogP contribution in [0.3, 0.4) is 0 Å². The molecule has 0 aliphatic heterocycles. The van der Waals surface area contributed by atoms with E-state index in [-0.39, 0.29) is 5.54 Å². The number of aromatic nitrogens is 3. The van der Waals surface area contributed by atoms with Gasteiger partial charge in [0.15, 0.2) is 5.82 Å². The first-order valence-electron chi connectivity index (χ1n) is 6.30. The van der Waals surface area contributed by atoms with Gasteiger partial charge in [0.2, 0.25) is 0 Å². The van der Waals surface area contributed by atoms with Crippen molar-refractivity contribution in [2.24, 2.45) is 0 Å². The summed E-state index contributed by atoms with van der Waals surface area (Å²) in [6, 6.07) is 8.24. The van der Waals surface area contributed by atoms with Gasteiger partial charge < -0.3 is 5.32 Å². The van der Waals surface area contributed by atoms with Crippen LogP contribution in [0.15, 0.2) is 35.1 Å². The van der Waals surface area contributed by atoms with Gasteiger partial charge in [0.05, 0.1) is 13.1 Å². The van der Waals surface area contributed by atoms with Crippen molar-refractivity contribution in [2.75, 3.05) is 0 Å². The second-order valence-corrected chi connectivity index (χ2v) is 6.50. The molecule has 4 nitrogen and oxygen atoms in total. The highest BCUT2D eigenvalue weighted by atomic mass is 79.9.